The van der Waals surface area contributed by atoms with E-state index in [9.17, 15) is 13.6 Å². The number of esters is 1. The molecule has 0 N–H and O–H groups in total. The number of rotatable bonds is 4. The van der Waals surface area contributed by atoms with Crippen molar-refractivity contribution in [2.75, 3.05) is 13.7 Å². The highest BCUT2D eigenvalue weighted by molar-refractivity contribution is 5.91. The maximum Gasteiger partial charge on any atom is 0.343 e. The lowest BCUT2D eigenvalue weighted by molar-refractivity contribution is 0.0577. The van der Waals surface area contributed by atoms with Crippen molar-refractivity contribution >= 4 is 5.97 Å². The smallest absolute Gasteiger partial charge is 0.343 e. The summed E-state index contributed by atoms with van der Waals surface area (Å²) in [6.07, 6.45) is -0.0523. The van der Waals surface area contributed by atoms with Gasteiger partial charge in [-0.2, -0.15) is 0 Å². The summed E-state index contributed by atoms with van der Waals surface area (Å²) in [6.45, 7) is -0.770. The summed E-state index contributed by atoms with van der Waals surface area (Å²) in [4.78, 5) is 14.8. The number of methoxy groups -OCH3 is 1. The number of hydrogen-bond acceptors (Lipinski definition) is 4. The zero-order chi connectivity index (χ0) is 11.3. The van der Waals surface area contributed by atoms with Gasteiger partial charge in [0.15, 0.2) is 0 Å². The number of nitrogens with zero attached hydrogens (tertiary/aromatic N) is 1. The van der Waals surface area contributed by atoms with Crippen LogP contribution in [0.3, 0.4) is 0 Å². The number of ether oxygens (including phenoxy) is 2. The highest BCUT2D eigenvalue weighted by Gasteiger charge is 2.14. The molecule has 0 spiro atoms. The highest BCUT2D eigenvalue weighted by Crippen LogP contribution is 2.17. The van der Waals surface area contributed by atoms with Gasteiger partial charge in [-0.3, -0.25) is 4.98 Å². The average Bonchev–Trinajstić information content (AvgIpc) is 2.25. The van der Waals surface area contributed by atoms with E-state index in [1.165, 1.54) is 25.6 Å². The SMILES string of the molecule is COC(=O)c1cnccc1OCC(F)F. The number of aromatic nitrogens is 1. The van der Waals surface area contributed by atoms with Crippen molar-refractivity contribution in [2.45, 2.75) is 6.43 Å². The minimum Gasteiger partial charge on any atom is -0.487 e. The Balaban J connectivity index is 2.81. The van der Waals surface area contributed by atoms with Crippen LogP contribution in [-0.4, -0.2) is 31.1 Å². The maximum absolute atomic E-state index is 11.9. The van der Waals surface area contributed by atoms with Crippen molar-refractivity contribution < 1.29 is 23.0 Å². The molecule has 6 heteroatoms. The first-order valence-corrected chi connectivity index (χ1v) is 4.08. The van der Waals surface area contributed by atoms with Gasteiger partial charge in [-0.1, -0.05) is 0 Å². The van der Waals surface area contributed by atoms with Crippen LogP contribution in [0.15, 0.2) is 18.5 Å². The molecule has 0 aliphatic heterocycles. The third-order valence-corrected chi connectivity index (χ3v) is 1.55. The molecular weight excluding hydrogens is 208 g/mol. The maximum atomic E-state index is 11.9. The first kappa shape index (κ1) is 11.4. The Morgan fingerprint density at radius 2 is 2.33 bits per heavy atom. The molecule has 1 aromatic heterocycles. The van der Waals surface area contributed by atoms with Crippen LogP contribution in [0.25, 0.3) is 0 Å². The molecule has 0 aliphatic rings. The fraction of sp³-hybridized carbons (Fsp3) is 0.333. The summed E-state index contributed by atoms with van der Waals surface area (Å²) >= 11 is 0. The second kappa shape index (κ2) is 5.23. The summed E-state index contributed by atoms with van der Waals surface area (Å²) in [5, 5.41) is 0. The summed E-state index contributed by atoms with van der Waals surface area (Å²) in [7, 11) is 1.19. The highest BCUT2D eigenvalue weighted by atomic mass is 19.3. The van der Waals surface area contributed by atoms with Gasteiger partial charge in [-0.15, -0.1) is 0 Å². The Kier molecular flexibility index (Phi) is 3.96. The Labute approximate surface area is 84.8 Å². The van der Waals surface area contributed by atoms with Crippen LogP contribution < -0.4 is 4.74 Å². The molecule has 0 bridgehead atoms. The zero-order valence-electron chi connectivity index (χ0n) is 7.94. The molecule has 0 radical (unpaired) electrons. The van der Waals surface area contributed by atoms with Gasteiger partial charge in [-0.25, -0.2) is 13.6 Å². The summed E-state index contributed by atoms with van der Waals surface area (Å²) in [5.41, 5.74) is 0.0284. The quantitative estimate of drug-likeness (QED) is 0.717. The van der Waals surface area contributed by atoms with E-state index >= 15 is 0 Å². The Morgan fingerprint density at radius 3 is 2.93 bits per heavy atom. The van der Waals surface area contributed by atoms with E-state index < -0.39 is 19.0 Å². The van der Waals surface area contributed by atoms with E-state index in [0.29, 0.717) is 0 Å². The molecule has 1 heterocycles. The number of carbonyl (C=O) groups excluding carboxylic acids is 1. The molecule has 0 amide bonds. The average molecular weight is 217 g/mol. The topological polar surface area (TPSA) is 48.4 Å². The van der Waals surface area contributed by atoms with Gasteiger partial charge < -0.3 is 9.47 Å². The minimum atomic E-state index is -2.59. The van der Waals surface area contributed by atoms with Crippen LogP contribution in [0.5, 0.6) is 5.75 Å². The molecule has 0 fully saturated rings. The summed E-state index contributed by atoms with van der Waals surface area (Å²) < 4.78 is 32.9. The third-order valence-electron chi connectivity index (χ3n) is 1.55. The lowest BCUT2D eigenvalue weighted by atomic mass is 10.2. The summed E-state index contributed by atoms with van der Waals surface area (Å²) in [6, 6.07) is 1.33. The van der Waals surface area contributed by atoms with Gasteiger partial charge >= 0.3 is 5.97 Å². The van der Waals surface area contributed by atoms with Crippen LogP contribution in [-0.2, 0) is 4.74 Å². The van der Waals surface area contributed by atoms with E-state index in [1.54, 1.807) is 0 Å². The molecule has 82 valence electrons. The number of hydrogen-bond donors (Lipinski definition) is 0. The molecular formula is C9H9F2NO3. The van der Waals surface area contributed by atoms with Gasteiger partial charge in [0, 0.05) is 12.4 Å². The standard InChI is InChI=1S/C9H9F2NO3/c1-14-9(13)6-4-12-3-2-7(6)15-5-8(10)11/h2-4,8H,5H2,1H3. The molecule has 0 saturated heterocycles. The fourth-order valence-electron chi connectivity index (χ4n) is 0.924. The van der Waals surface area contributed by atoms with Crippen molar-refractivity contribution in [3.8, 4) is 5.75 Å². The predicted octanol–water partition coefficient (Wildman–Crippen LogP) is 1.51. The first-order valence-electron chi connectivity index (χ1n) is 4.08. The van der Waals surface area contributed by atoms with Gasteiger partial charge in [0.2, 0.25) is 0 Å². The second-order valence-electron chi connectivity index (χ2n) is 2.57. The van der Waals surface area contributed by atoms with Crippen LogP contribution in [0.1, 0.15) is 10.4 Å². The minimum absolute atomic E-state index is 0.0284. The number of alkyl halides is 2. The fourth-order valence-corrected chi connectivity index (χ4v) is 0.924. The van der Waals surface area contributed by atoms with Crippen molar-refractivity contribution in [2.24, 2.45) is 0 Å². The Morgan fingerprint density at radius 1 is 1.60 bits per heavy atom. The zero-order valence-corrected chi connectivity index (χ0v) is 7.94. The monoisotopic (exact) mass is 217 g/mol. The largest absolute Gasteiger partial charge is 0.487 e. The molecule has 15 heavy (non-hydrogen) atoms. The van der Waals surface area contributed by atoms with E-state index in [1.807, 2.05) is 0 Å². The molecule has 0 atom stereocenters. The summed E-state index contributed by atoms with van der Waals surface area (Å²) in [5.74, 6) is -0.635. The predicted molar refractivity (Wildman–Crippen MR) is 47.1 cm³/mol. The first-order chi connectivity index (χ1) is 7.15. The normalized spacial score (nSPS) is 10.1. The van der Waals surface area contributed by atoms with Gasteiger partial charge in [0.05, 0.1) is 7.11 Å². The van der Waals surface area contributed by atoms with E-state index in [-0.39, 0.29) is 11.3 Å². The third kappa shape index (κ3) is 3.16. The Hall–Kier alpha value is -1.72. The molecule has 0 aliphatic carbocycles. The lowest BCUT2D eigenvalue weighted by Crippen LogP contribution is -2.11. The van der Waals surface area contributed by atoms with E-state index in [0.717, 1.165) is 0 Å². The van der Waals surface area contributed by atoms with E-state index in [4.69, 9.17) is 4.74 Å². The molecule has 1 rings (SSSR count). The molecule has 4 nitrogen and oxygen atoms in total. The Bertz CT molecular complexity index is 344. The number of halogens is 2. The van der Waals surface area contributed by atoms with Gasteiger partial charge in [-0.05, 0) is 6.07 Å². The number of carbonyl (C=O) groups is 1. The van der Waals surface area contributed by atoms with Crippen molar-refractivity contribution in [1.29, 1.82) is 0 Å². The molecule has 0 unspecified atom stereocenters. The van der Waals surface area contributed by atoms with Crippen molar-refractivity contribution in [3.63, 3.8) is 0 Å². The molecule has 1 aromatic rings. The van der Waals surface area contributed by atoms with Crippen molar-refractivity contribution in [3.05, 3.63) is 24.0 Å². The van der Waals surface area contributed by atoms with Gasteiger partial charge in [0.25, 0.3) is 6.43 Å². The molecule has 0 saturated carbocycles. The van der Waals surface area contributed by atoms with Crippen LogP contribution in [0.2, 0.25) is 0 Å². The van der Waals surface area contributed by atoms with Crippen LogP contribution >= 0.6 is 0 Å². The second-order valence-corrected chi connectivity index (χ2v) is 2.57. The number of pyridine rings is 1. The van der Waals surface area contributed by atoms with E-state index in [2.05, 4.69) is 9.72 Å². The van der Waals surface area contributed by atoms with Gasteiger partial charge in [0.1, 0.15) is 17.9 Å². The molecule has 0 aromatic carbocycles. The van der Waals surface area contributed by atoms with Crippen LogP contribution in [0, 0.1) is 0 Å². The van der Waals surface area contributed by atoms with Crippen LogP contribution in [0.4, 0.5) is 8.78 Å². The van der Waals surface area contributed by atoms with Crippen molar-refractivity contribution in [1.82, 2.24) is 4.98 Å². The lowest BCUT2D eigenvalue weighted by Gasteiger charge is -2.08.